The predicted octanol–water partition coefficient (Wildman–Crippen LogP) is 4.77. The second kappa shape index (κ2) is 6.42. The molecule has 0 aromatic rings. The van der Waals surface area contributed by atoms with E-state index in [1.807, 2.05) is 0 Å². The molecule has 0 spiro atoms. The normalized spacial score (nSPS) is 15.8. The molecule has 1 nitrogen and oxygen atoms in total. The second-order valence-corrected chi connectivity index (χ2v) is 4.25. The third-order valence-electron chi connectivity index (χ3n) is 2.58. The third kappa shape index (κ3) is 3.30. The van der Waals surface area contributed by atoms with Crippen LogP contribution in [0.4, 0.5) is 65.9 Å². The smallest absolute Gasteiger partial charge is 0.331 e. The van der Waals surface area contributed by atoms with Crippen molar-refractivity contribution in [3.8, 4) is 0 Å². The molecule has 0 aromatic carbocycles. The van der Waals surface area contributed by atoms with Gasteiger partial charge in [-0.05, 0) is 0 Å². The van der Waals surface area contributed by atoms with Crippen molar-refractivity contribution >= 4 is 12.4 Å². The van der Waals surface area contributed by atoms with Gasteiger partial charge in [-0.3, -0.25) is 0 Å². The molecule has 0 amide bonds. The molecule has 0 radical (unpaired) electrons. The number of halogens is 16. The number of hydrogen-bond acceptors (Lipinski definition) is 1. The van der Waals surface area contributed by atoms with E-state index < -0.39 is 48.3 Å². The van der Waals surface area contributed by atoms with Crippen LogP contribution in [0.1, 0.15) is 0 Å². The molecule has 0 saturated heterocycles. The second-order valence-electron chi connectivity index (χ2n) is 4.25. The Morgan fingerprint density at radius 1 is 0.480 bits per heavy atom. The van der Waals surface area contributed by atoms with Crippen LogP contribution in [0.25, 0.3) is 0 Å². The van der Waals surface area contributed by atoms with Crippen molar-refractivity contribution < 1.29 is 71.0 Å². The molecule has 0 unspecified atom stereocenters. The zero-order chi connectivity index (χ0) is 20.2. The van der Waals surface area contributed by atoms with Gasteiger partial charge in [-0.25, -0.2) is 4.39 Å². The van der Waals surface area contributed by atoms with Gasteiger partial charge in [0.2, 0.25) is 0 Å². The minimum Gasteiger partial charge on any atom is -0.331 e. The molecule has 25 heavy (non-hydrogen) atoms. The summed E-state index contributed by atoms with van der Waals surface area (Å²) in [5.74, 6) is -46.9. The summed E-state index contributed by atoms with van der Waals surface area (Å²) in [6, 6.07) is 0. The average molecular weight is 437 g/mol. The monoisotopic (exact) mass is 436 g/mol. The summed E-state index contributed by atoms with van der Waals surface area (Å²) >= 11 is 0. The Hall–Kier alpha value is -0.800. The van der Waals surface area contributed by atoms with E-state index in [-0.39, 0.29) is 12.4 Å². The highest BCUT2D eigenvalue weighted by Gasteiger charge is 2.92. The van der Waals surface area contributed by atoms with Crippen LogP contribution in [0, 0.1) is 0 Å². The van der Waals surface area contributed by atoms with Gasteiger partial charge < -0.3 is 5.11 Å². The van der Waals surface area contributed by atoms with Crippen LogP contribution in [0.5, 0.6) is 0 Å². The average Bonchev–Trinajstić information content (AvgIpc) is 2.36. The zero-order valence-electron chi connectivity index (χ0n) is 10.7. The van der Waals surface area contributed by atoms with Crippen molar-refractivity contribution in [2.24, 2.45) is 0 Å². The van der Waals surface area contributed by atoms with Gasteiger partial charge in [0, 0.05) is 0 Å². The largest absolute Gasteiger partial charge is 0.423 e. The first-order valence-corrected chi connectivity index (χ1v) is 4.99. The summed E-state index contributed by atoms with van der Waals surface area (Å²) in [4.78, 5) is 0. The molecule has 0 heterocycles. The maximum Gasteiger partial charge on any atom is 0.423 e. The molecule has 0 aromatic heterocycles. The zero-order valence-corrected chi connectivity index (χ0v) is 11.5. The fraction of sp³-hybridized carbons (Fsp3) is 1.00. The van der Waals surface area contributed by atoms with Gasteiger partial charge in [-0.15, -0.1) is 12.4 Å². The van der Waals surface area contributed by atoms with E-state index in [4.69, 9.17) is 5.11 Å². The molecule has 1 N–H and O–H groups in total. The summed E-state index contributed by atoms with van der Waals surface area (Å²) in [5, 5.41) is 7.38. The lowest BCUT2D eigenvalue weighted by Crippen LogP contribution is -2.73. The van der Waals surface area contributed by atoms with Gasteiger partial charge in [0.15, 0.2) is 6.67 Å². The van der Waals surface area contributed by atoms with Gasteiger partial charge in [0.25, 0.3) is 0 Å². The van der Waals surface area contributed by atoms with E-state index in [9.17, 15) is 65.9 Å². The molecular formula is C8H4ClF15O. The summed E-state index contributed by atoms with van der Waals surface area (Å²) in [6.45, 7) is -3.82. The molecule has 0 aliphatic heterocycles. The summed E-state index contributed by atoms with van der Waals surface area (Å²) in [7, 11) is 0. The number of alkyl halides is 15. The number of aliphatic hydroxyl groups is 1. The molecule has 0 aliphatic carbocycles. The molecule has 0 atom stereocenters. The third-order valence-corrected chi connectivity index (χ3v) is 2.58. The first-order valence-electron chi connectivity index (χ1n) is 4.99. The predicted molar refractivity (Wildman–Crippen MR) is 50.1 cm³/mol. The van der Waals surface area contributed by atoms with Crippen LogP contribution < -0.4 is 0 Å². The van der Waals surface area contributed by atoms with Crippen LogP contribution in [-0.4, -0.2) is 53.4 Å². The fourth-order valence-electron chi connectivity index (χ4n) is 1.09. The molecule has 0 bridgehead atoms. The van der Waals surface area contributed by atoms with Crippen molar-refractivity contribution in [3.63, 3.8) is 0 Å². The Kier molecular flexibility index (Phi) is 6.79. The SMILES string of the molecule is Cl.OC(F)(F)C(F)(F)C(F)(F)C(F)(F)C(F)(F)C(F)(F)C(F)(F)CF. The summed E-state index contributed by atoms with van der Waals surface area (Å²) in [5.41, 5.74) is 0. The van der Waals surface area contributed by atoms with Crippen molar-refractivity contribution in [3.05, 3.63) is 0 Å². The minimum absolute atomic E-state index is 0. The van der Waals surface area contributed by atoms with Crippen molar-refractivity contribution in [2.45, 2.75) is 41.6 Å². The highest BCUT2D eigenvalue weighted by molar-refractivity contribution is 5.85. The van der Waals surface area contributed by atoms with Crippen LogP contribution in [0.3, 0.4) is 0 Å². The van der Waals surface area contributed by atoms with Crippen molar-refractivity contribution in [2.75, 3.05) is 6.67 Å². The van der Waals surface area contributed by atoms with E-state index in [1.165, 1.54) is 0 Å². The summed E-state index contributed by atoms with van der Waals surface area (Å²) < 4.78 is 187. The Bertz CT molecular complexity index is 467. The highest BCUT2D eigenvalue weighted by Crippen LogP contribution is 2.61. The lowest BCUT2D eigenvalue weighted by atomic mass is 9.91. The number of hydrogen-bond donors (Lipinski definition) is 1. The van der Waals surface area contributed by atoms with Crippen molar-refractivity contribution in [1.29, 1.82) is 0 Å². The number of rotatable bonds is 7. The highest BCUT2D eigenvalue weighted by atomic mass is 35.5. The standard InChI is InChI=1S/C8H3F15O.ClH/c9-1-2(10,11)3(12,13)4(14,15)5(16,17)6(18,19)7(20,21)8(22,23)24;/h24H,1H2;1H. The lowest BCUT2D eigenvalue weighted by molar-refractivity contribution is -0.461. The molecular weight excluding hydrogens is 433 g/mol. The Morgan fingerprint density at radius 2 is 0.720 bits per heavy atom. The molecule has 0 aliphatic rings. The maximum absolute atomic E-state index is 12.8. The van der Waals surface area contributed by atoms with Gasteiger partial charge >= 0.3 is 41.6 Å². The topological polar surface area (TPSA) is 20.2 Å². The Balaban J connectivity index is 0. The van der Waals surface area contributed by atoms with E-state index in [0.29, 0.717) is 0 Å². The van der Waals surface area contributed by atoms with E-state index in [0.717, 1.165) is 0 Å². The van der Waals surface area contributed by atoms with E-state index >= 15 is 0 Å². The van der Waals surface area contributed by atoms with Crippen LogP contribution in [0.2, 0.25) is 0 Å². The maximum atomic E-state index is 12.8. The van der Waals surface area contributed by atoms with Gasteiger partial charge in [-0.2, -0.15) is 61.5 Å². The molecule has 0 fully saturated rings. The van der Waals surface area contributed by atoms with Crippen LogP contribution in [0.15, 0.2) is 0 Å². The molecule has 0 rings (SSSR count). The molecule has 0 saturated carbocycles. The molecule has 17 heteroatoms. The van der Waals surface area contributed by atoms with Gasteiger partial charge in [0.05, 0.1) is 0 Å². The Labute approximate surface area is 133 Å². The van der Waals surface area contributed by atoms with Crippen molar-refractivity contribution in [1.82, 2.24) is 0 Å². The quantitative estimate of drug-likeness (QED) is 0.570. The minimum atomic E-state index is -8.28. The first kappa shape index (κ1) is 26.4. The Morgan fingerprint density at radius 3 is 0.960 bits per heavy atom. The lowest BCUT2D eigenvalue weighted by Gasteiger charge is -2.41. The van der Waals surface area contributed by atoms with Crippen LogP contribution >= 0.6 is 12.4 Å². The summed E-state index contributed by atoms with van der Waals surface area (Å²) in [6.07, 6.45) is -7.14. The fourth-order valence-corrected chi connectivity index (χ4v) is 1.09. The molecule has 154 valence electrons. The first-order chi connectivity index (χ1) is 10.1. The van der Waals surface area contributed by atoms with Gasteiger partial charge in [-0.1, -0.05) is 0 Å². The van der Waals surface area contributed by atoms with Crippen LogP contribution in [-0.2, 0) is 0 Å². The van der Waals surface area contributed by atoms with Gasteiger partial charge in [0.1, 0.15) is 0 Å². The van der Waals surface area contributed by atoms with E-state index in [1.54, 1.807) is 0 Å². The van der Waals surface area contributed by atoms with E-state index in [2.05, 4.69) is 0 Å².